The Morgan fingerprint density at radius 2 is 1.84 bits per heavy atom. The number of benzene rings is 2. The Morgan fingerprint density at radius 1 is 1.09 bits per heavy atom. The minimum atomic E-state index is -3.06. The Morgan fingerprint density at radius 3 is 2.53 bits per heavy atom. The van der Waals surface area contributed by atoms with Gasteiger partial charge in [-0.15, -0.1) is 11.3 Å². The molecule has 2 N–H and O–H groups in total. The van der Waals surface area contributed by atoms with E-state index in [0.29, 0.717) is 15.6 Å². The molecule has 0 aliphatic rings. The Bertz CT molecular complexity index is 1130. The van der Waals surface area contributed by atoms with Crippen LogP contribution in [0.3, 0.4) is 0 Å². The summed E-state index contributed by atoms with van der Waals surface area (Å²) in [6, 6.07) is 13.9. The molecule has 166 valence electrons. The fourth-order valence-corrected chi connectivity index (χ4v) is 3.70. The molecule has 0 aliphatic heterocycles. The molecule has 0 radical (unpaired) electrons. The van der Waals surface area contributed by atoms with Gasteiger partial charge in [-0.05, 0) is 19.1 Å². The number of halogens is 2. The summed E-state index contributed by atoms with van der Waals surface area (Å²) in [7, 11) is 1.31. The summed E-state index contributed by atoms with van der Waals surface area (Å²) in [5.74, 6) is -1.30. The highest BCUT2D eigenvalue weighted by Crippen LogP contribution is 2.33. The quantitative estimate of drug-likeness (QED) is 0.408. The van der Waals surface area contributed by atoms with E-state index in [1.807, 2.05) is 30.3 Å². The lowest BCUT2D eigenvalue weighted by atomic mass is 10.1. The van der Waals surface area contributed by atoms with E-state index in [9.17, 15) is 18.4 Å². The van der Waals surface area contributed by atoms with Crippen LogP contribution in [0.5, 0.6) is 11.5 Å². The summed E-state index contributed by atoms with van der Waals surface area (Å²) in [6.07, 6.45) is 2.34. The van der Waals surface area contributed by atoms with Crippen molar-refractivity contribution in [2.45, 2.75) is 13.5 Å². The van der Waals surface area contributed by atoms with Crippen molar-refractivity contribution in [1.82, 2.24) is 15.8 Å². The molecule has 1 aromatic heterocycles. The molecule has 0 saturated carbocycles. The topological polar surface area (TPSA) is 89.6 Å². The molecule has 0 saturated heterocycles. The van der Waals surface area contributed by atoms with E-state index in [0.717, 1.165) is 11.6 Å². The van der Waals surface area contributed by atoms with Crippen LogP contribution in [-0.4, -0.2) is 30.5 Å². The van der Waals surface area contributed by atoms with E-state index < -0.39 is 18.4 Å². The number of hydrogen-bond acceptors (Lipinski definition) is 6. The molecule has 0 fully saturated rings. The number of nitrogens with one attached hydrogen (secondary N) is 2. The predicted molar refractivity (Wildman–Crippen MR) is 117 cm³/mol. The Balaban J connectivity index is 1.65. The van der Waals surface area contributed by atoms with Gasteiger partial charge in [0.15, 0.2) is 11.5 Å². The first-order valence-electron chi connectivity index (χ1n) is 9.32. The number of methoxy groups -OCH3 is 1. The molecule has 0 unspecified atom stereocenters. The first-order chi connectivity index (χ1) is 15.4. The normalized spacial score (nSPS) is 10.9. The number of ether oxygens (including phenoxy) is 2. The minimum Gasteiger partial charge on any atom is -0.493 e. The van der Waals surface area contributed by atoms with E-state index in [1.54, 1.807) is 13.0 Å². The molecule has 2 amide bonds. The zero-order valence-electron chi connectivity index (χ0n) is 17.1. The number of para-hydroxylation sites is 1. The molecule has 2 aromatic carbocycles. The maximum atomic E-state index is 12.7. The third-order valence-electron chi connectivity index (χ3n) is 4.17. The van der Waals surface area contributed by atoms with Crippen LogP contribution in [0.1, 0.15) is 20.9 Å². The third-order valence-corrected chi connectivity index (χ3v) is 5.38. The summed E-state index contributed by atoms with van der Waals surface area (Å²) in [5, 5.41) is 0.684. The van der Waals surface area contributed by atoms with Crippen LogP contribution in [0.4, 0.5) is 8.78 Å². The summed E-state index contributed by atoms with van der Waals surface area (Å²) in [4.78, 5) is 29.3. The highest BCUT2D eigenvalue weighted by molar-refractivity contribution is 7.17. The van der Waals surface area contributed by atoms with Crippen molar-refractivity contribution in [3.05, 3.63) is 70.7 Å². The number of rotatable bonds is 7. The summed E-state index contributed by atoms with van der Waals surface area (Å²) in [5.41, 5.74) is 6.18. The Kier molecular flexibility index (Phi) is 7.50. The van der Waals surface area contributed by atoms with Gasteiger partial charge in [0.05, 0.1) is 12.8 Å². The maximum Gasteiger partial charge on any atom is 0.387 e. The average Bonchev–Trinajstić information content (AvgIpc) is 3.18. The van der Waals surface area contributed by atoms with Crippen molar-refractivity contribution in [3.8, 4) is 22.1 Å². The van der Waals surface area contributed by atoms with Crippen LogP contribution in [0.15, 0.2) is 54.6 Å². The number of thiazole rings is 1. The van der Waals surface area contributed by atoms with Gasteiger partial charge < -0.3 is 9.47 Å². The van der Waals surface area contributed by atoms with Crippen LogP contribution >= 0.6 is 11.3 Å². The van der Waals surface area contributed by atoms with Gasteiger partial charge in [-0.1, -0.05) is 42.5 Å². The lowest BCUT2D eigenvalue weighted by Crippen LogP contribution is -2.40. The minimum absolute atomic E-state index is 0.0936. The number of carbonyl (C=O) groups excluding carboxylic acids is 2. The van der Waals surface area contributed by atoms with Crippen LogP contribution in [-0.2, 0) is 4.79 Å². The molecule has 3 aromatic rings. The standard InChI is InChI=1S/C22H19F2N3O4S/c1-13-19(32-21(25-13)15-7-4-3-5-8-15)20(29)27-26-17(28)12-11-14-9-6-10-16(30-2)18(14)31-22(23)24/h3-12,22H,1-2H3,(H,26,28)(H,27,29)/b12-11+. The molecule has 0 spiro atoms. The average molecular weight is 459 g/mol. The van der Waals surface area contributed by atoms with Crippen molar-refractivity contribution in [2.75, 3.05) is 7.11 Å². The first-order valence-corrected chi connectivity index (χ1v) is 10.1. The van der Waals surface area contributed by atoms with Gasteiger partial charge in [0.25, 0.3) is 11.8 Å². The lowest BCUT2D eigenvalue weighted by molar-refractivity contribution is -0.117. The molecule has 0 bridgehead atoms. The van der Waals surface area contributed by atoms with Gasteiger partial charge in [0, 0.05) is 17.2 Å². The predicted octanol–water partition coefficient (Wildman–Crippen LogP) is 4.20. The molecule has 10 heteroatoms. The Labute approximate surface area is 186 Å². The first kappa shape index (κ1) is 22.9. The van der Waals surface area contributed by atoms with Gasteiger partial charge in [0.2, 0.25) is 0 Å². The van der Waals surface area contributed by atoms with Gasteiger partial charge in [0.1, 0.15) is 9.88 Å². The zero-order valence-corrected chi connectivity index (χ0v) is 17.9. The van der Waals surface area contributed by atoms with Crippen molar-refractivity contribution >= 4 is 29.2 Å². The molecular weight excluding hydrogens is 440 g/mol. The van der Waals surface area contributed by atoms with Crippen molar-refractivity contribution in [2.24, 2.45) is 0 Å². The number of aryl methyl sites for hydroxylation is 1. The van der Waals surface area contributed by atoms with Crippen molar-refractivity contribution in [1.29, 1.82) is 0 Å². The molecule has 0 aliphatic carbocycles. The second-order valence-electron chi connectivity index (χ2n) is 6.33. The van der Waals surface area contributed by atoms with E-state index in [2.05, 4.69) is 20.6 Å². The van der Waals surface area contributed by atoms with Gasteiger partial charge in [-0.2, -0.15) is 8.78 Å². The number of alkyl halides is 2. The van der Waals surface area contributed by atoms with Gasteiger partial charge in [-0.3, -0.25) is 20.4 Å². The number of hydrogen-bond donors (Lipinski definition) is 2. The lowest BCUT2D eigenvalue weighted by Gasteiger charge is -2.12. The highest BCUT2D eigenvalue weighted by atomic mass is 32.1. The summed E-state index contributed by atoms with van der Waals surface area (Å²) in [6.45, 7) is -1.36. The number of hydrazine groups is 1. The van der Waals surface area contributed by atoms with Crippen LogP contribution < -0.4 is 20.3 Å². The fourth-order valence-electron chi connectivity index (χ4n) is 2.73. The molecule has 1 heterocycles. The molecule has 3 rings (SSSR count). The van der Waals surface area contributed by atoms with Crippen molar-refractivity contribution in [3.63, 3.8) is 0 Å². The number of aromatic nitrogens is 1. The van der Waals surface area contributed by atoms with E-state index >= 15 is 0 Å². The van der Waals surface area contributed by atoms with Gasteiger partial charge in [-0.25, -0.2) is 4.98 Å². The molecule has 0 atom stereocenters. The largest absolute Gasteiger partial charge is 0.493 e. The second-order valence-corrected chi connectivity index (χ2v) is 7.33. The maximum absolute atomic E-state index is 12.7. The zero-order chi connectivity index (χ0) is 23.1. The molecule has 32 heavy (non-hydrogen) atoms. The van der Waals surface area contributed by atoms with Crippen LogP contribution in [0, 0.1) is 6.92 Å². The summed E-state index contributed by atoms with van der Waals surface area (Å²) >= 11 is 1.20. The SMILES string of the molecule is COc1cccc(/C=C/C(=O)NNC(=O)c2sc(-c3ccccc3)nc2C)c1OC(F)F. The van der Waals surface area contributed by atoms with Crippen LogP contribution in [0.2, 0.25) is 0 Å². The number of carbonyl (C=O) groups is 2. The molecular formula is C22H19F2N3O4S. The fraction of sp³-hybridized carbons (Fsp3) is 0.136. The van der Waals surface area contributed by atoms with Gasteiger partial charge >= 0.3 is 6.61 Å². The highest BCUT2D eigenvalue weighted by Gasteiger charge is 2.17. The second kappa shape index (κ2) is 10.5. The van der Waals surface area contributed by atoms with E-state index in [-0.39, 0.29) is 17.1 Å². The smallest absolute Gasteiger partial charge is 0.387 e. The Hall–Kier alpha value is -3.79. The van der Waals surface area contributed by atoms with Crippen molar-refractivity contribution < 1.29 is 27.8 Å². The number of amides is 2. The number of nitrogens with zero attached hydrogens (tertiary/aromatic N) is 1. The van der Waals surface area contributed by atoms with E-state index in [1.165, 1.54) is 36.7 Å². The van der Waals surface area contributed by atoms with Crippen LogP contribution in [0.25, 0.3) is 16.6 Å². The monoisotopic (exact) mass is 459 g/mol. The van der Waals surface area contributed by atoms with E-state index in [4.69, 9.17) is 4.74 Å². The third kappa shape index (κ3) is 5.67. The summed E-state index contributed by atoms with van der Waals surface area (Å²) < 4.78 is 34.9. The molecule has 7 nitrogen and oxygen atoms in total.